The molecule has 1 heterocycles. The first kappa shape index (κ1) is 14.7. The number of amides is 1. The predicted molar refractivity (Wildman–Crippen MR) is 90.3 cm³/mol. The van der Waals surface area contributed by atoms with Gasteiger partial charge in [0.2, 0.25) is 5.91 Å². The van der Waals surface area contributed by atoms with Crippen LogP contribution in [-0.4, -0.2) is 5.91 Å². The van der Waals surface area contributed by atoms with Gasteiger partial charge < -0.3 is 10.6 Å². The second-order valence-electron chi connectivity index (χ2n) is 4.82. The van der Waals surface area contributed by atoms with Gasteiger partial charge in [-0.3, -0.25) is 4.79 Å². The van der Waals surface area contributed by atoms with Crippen molar-refractivity contribution in [1.82, 2.24) is 0 Å². The van der Waals surface area contributed by atoms with Crippen LogP contribution in [0.3, 0.4) is 0 Å². The standard InChI is InChI=1S/C15H11BrCl2N2O/c16-10-2-1-8(3-11(10)17)7-19-14-4-9-5-15(21)20-13(9)6-12(14)18/h1-4,6,19H,5,7H2,(H,20,21). The molecule has 0 saturated heterocycles. The van der Waals surface area contributed by atoms with E-state index in [1.807, 2.05) is 24.3 Å². The molecule has 6 heteroatoms. The Labute approximate surface area is 140 Å². The van der Waals surface area contributed by atoms with Gasteiger partial charge in [0.05, 0.1) is 22.2 Å². The Morgan fingerprint density at radius 2 is 2.00 bits per heavy atom. The second kappa shape index (κ2) is 5.87. The minimum atomic E-state index is -0.00194. The van der Waals surface area contributed by atoms with Gasteiger partial charge in [-0.05, 0) is 51.3 Å². The number of hydrogen-bond donors (Lipinski definition) is 2. The molecule has 0 unspecified atom stereocenters. The molecule has 2 aromatic carbocycles. The fourth-order valence-corrected chi connectivity index (χ4v) is 2.91. The molecule has 21 heavy (non-hydrogen) atoms. The molecule has 1 aliphatic rings. The van der Waals surface area contributed by atoms with Gasteiger partial charge in [0.1, 0.15) is 0 Å². The lowest BCUT2D eigenvalue weighted by Gasteiger charge is -2.11. The molecule has 0 aliphatic carbocycles. The first-order valence-corrected chi connectivity index (χ1v) is 7.88. The molecule has 108 valence electrons. The molecule has 2 aromatic rings. The lowest BCUT2D eigenvalue weighted by atomic mass is 10.1. The average molecular weight is 386 g/mol. The summed E-state index contributed by atoms with van der Waals surface area (Å²) in [4.78, 5) is 11.4. The van der Waals surface area contributed by atoms with Gasteiger partial charge in [0, 0.05) is 16.7 Å². The molecule has 3 nitrogen and oxygen atoms in total. The molecular formula is C15H11BrCl2N2O. The Balaban J connectivity index is 1.78. The molecule has 0 fully saturated rings. The van der Waals surface area contributed by atoms with E-state index >= 15 is 0 Å². The topological polar surface area (TPSA) is 41.1 Å². The summed E-state index contributed by atoms with van der Waals surface area (Å²) in [6.45, 7) is 0.604. The SMILES string of the molecule is O=C1Cc2cc(NCc3ccc(Br)c(Cl)c3)c(Cl)cc2N1. The number of hydrogen-bond acceptors (Lipinski definition) is 2. The van der Waals surface area contributed by atoms with Crippen LogP contribution in [0, 0.1) is 0 Å². The van der Waals surface area contributed by atoms with Crippen LogP contribution in [0.5, 0.6) is 0 Å². The monoisotopic (exact) mass is 384 g/mol. The highest BCUT2D eigenvalue weighted by Gasteiger charge is 2.19. The summed E-state index contributed by atoms with van der Waals surface area (Å²) in [5.74, 6) is -0.00194. The highest BCUT2D eigenvalue weighted by molar-refractivity contribution is 9.10. The lowest BCUT2D eigenvalue weighted by Crippen LogP contribution is -2.03. The maximum absolute atomic E-state index is 11.4. The number of fused-ring (bicyclic) bond motifs is 1. The Kier molecular flexibility index (Phi) is 4.11. The molecule has 0 radical (unpaired) electrons. The van der Waals surface area contributed by atoms with Crippen LogP contribution < -0.4 is 10.6 Å². The van der Waals surface area contributed by atoms with Crippen LogP contribution in [0.25, 0.3) is 0 Å². The van der Waals surface area contributed by atoms with Crippen molar-refractivity contribution in [3.05, 3.63) is 56.0 Å². The Morgan fingerprint density at radius 3 is 2.76 bits per heavy atom. The van der Waals surface area contributed by atoms with Gasteiger partial charge in [-0.25, -0.2) is 0 Å². The van der Waals surface area contributed by atoms with Gasteiger partial charge in [-0.2, -0.15) is 0 Å². The van der Waals surface area contributed by atoms with Crippen molar-refractivity contribution in [2.45, 2.75) is 13.0 Å². The van der Waals surface area contributed by atoms with Crippen molar-refractivity contribution >= 4 is 56.4 Å². The van der Waals surface area contributed by atoms with E-state index in [0.717, 1.165) is 27.0 Å². The zero-order chi connectivity index (χ0) is 15.0. The zero-order valence-corrected chi connectivity index (χ0v) is 13.9. The number of rotatable bonds is 3. The number of anilines is 2. The third kappa shape index (κ3) is 3.18. The highest BCUT2D eigenvalue weighted by Crippen LogP contribution is 2.33. The number of carbonyl (C=O) groups excluding carboxylic acids is 1. The smallest absolute Gasteiger partial charge is 0.228 e. The quantitative estimate of drug-likeness (QED) is 0.791. The van der Waals surface area contributed by atoms with Crippen molar-refractivity contribution in [1.29, 1.82) is 0 Å². The highest BCUT2D eigenvalue weighted by atomic mass is 79.9. The lowest BCUT2D eigenvalue weighted by molar-refractivity contribution is -0.115. The summed E-state index contributed by atoms with van der Waals surface area (Å²) >= 11 is 15.7. The molecule has 2 N–H and O–H groups in total. The van der Waals surface area contributed by atoms with Gasteiger partial charge in [-0.15, -0.1) is 0 Å². The molecule has 0 bridgehead atoms. The second-order valence-corrected chi connectivity index (χ2v) is 6.48. The van der Waals surface area contributed by atoms with Crippen LogP contribution in [0.1, 0.15) is 11.1 Å². The summed E-state index contributed by atoms with van der Waals surface area (Å²) in [7, 11) is 0. The minimum Gasteiger partial charge on any atom is -0.380 e. The third-order valence-electron chi connectivity index (χ3n) is 3.28. The number of carbonyl (C=O) groups is 1. The van der Waals surface area contributed by atoms with Gasteiger partial charge in [-0.1, -0.05) is 29.3 Å². The summed E-state index contributed by atoms with van der Waals surface area (Å²) in [5.41, 5.74) is 3.61. The van der Waals surface area contributed by atoms with E-state index in [1.54, 1.807) is 6.07 Å². The van der Waals surface area contributed by atoms with Crippen LogP contribution >= 0.6 is 39.1 Å². The predicted octanol–water partition coefficient (Wildman–Crippen LogP) is 4.86. The minimum absolute atomic E-state index is 0.00194. The van der Waals surface area contributed by atoms with Crippen molar-refractivity contribution in [2.75, 3.05) is 10.6 Å². The maximum Gasteiger partial charge on any atom is 0.228 e. The van der Waals surface area contributed by atoms with Crippen molar-refractivity contribution in [2.24, 2.45) is 0 Å². The van der Waals surface area contributed by atoms with E-state index in [9.17, 15) is 4.79 Å². The van der Waals surface area contributed by atoms with Gasteiger partial charge in [0.15, 0.2) is 0 Å². The first-order valence-electron chi connectivity index (χ1n) is 6.33. The normalized spacial score (nSPS) is 13.0. The van der Waals surface area contributed by atoms with E-state index in [-0.39, 0.29) is 5.91 Å². The fourth-order valence-electron chi connectivity index (χ4n) is 2.23. The molecule has 0 atom stereocenters. The summed E-state index contributed by atoms with van der Waals surface area (Å²) in [5, 5.41) is 7.31. The summed E-state index contributed by atoms with van der Waals surface area (Å²) in [6, 6.07) is 9.47. The maximum atomic E-state index is 11.4. The Morgan fingerprint density at radius 1 is 1.19 bits per heavy atom. The largest absolute Gasteiger partial charge is 0.380 e. The average Bonchev–Trinajstić information content (AvgIpc) is 2.79. The first-order chi connectivity index (χ1) is 10.0. The van der Waals surface area contributed by atoms with E-state index in [2.05, 4.69) is 26.6 Å². The summed E-state index contributed by atoms with van der Waals surface area (Å²) in [6.07, 6.45) is 0.394. The number of halogens is 3. The van der Waals surface area contributed by atoms with E-state index in [1.165, 1.54) is 0 Å². The molecular weight excluding hydrogens is 375 g/mol. The molecule has 0 spiro atoms. The summed E-state index contributed by atoms with van der Waals surface area (Å²) < 4.78 is 0.869. The van der Waals surface area contributed by atoms with Gasteiger partial charge in [0.25, 0.3) is 0 Å². The molecule has 1 aliphatic heterocycles. The van der Waals surface area contributed by atoms with Crippen molar-refractivity contribution < 1.29 is 4.79 Å². The van der Waals surface area contributed by atoms with Crippen molar-refractivity contribution in [3.63, 3.8) is 0 Å². The fraction of sp³-hybridized carbons (Fsp3) is 0.133. The van der Waals surface area contributed by atoms with Crippen LogP contribution in [0.2, 0.25) is 10.0 Å². The van der Waals surface area contributed by atoms with Crippen LogP contribution in [0.15, 0.2) is 34.8 Å². The molecule has 0 aromatic heterocycles. The molecule has 0 saturated carbocycles. The van der Waals surface area contributed by atoms with Gasteiger partial charge >= 0.3 is 0 Å². The van der Waals surface area contributed by atoms with E-state index in [4.69, 9.17) is 23.2 Å². The van der Waals surface area contributed by atoms with E-state index < -0.39 is 0 Å². The van der Waals surface area contributed by atoms with E-state index in [0.29, 0.717) is 23.0 Å². The van der Waals surface area contributed by atoms with Crippen LogP contribution in [0.4, 0.5) is 11.4 Å². The zero-order valence-electron chi connectivity index (χ0n) is 10.8. The Hall–Kier alpha value is -1.23. The molecule has 3 rings (SSSR count). The van der Waals surface area contributed by atoms with Crippen molar-refractivity contribution in [3.8, 4) is 0 Å². The third-order valence-corrected chi connectivity index (χ3v) is 4.83. The number of nitrogens with one attached hydrogen (secondary N) is 2. The number of benzene rings is 2. The van der Waals surface area contributed by atoms with Crippen LogP contribution in [-0.2, 0) is 17.8 Å². The molecule has 1 amide bonds. The Bertz CT molecular complexity index is 734.